The Labute approximate surface area is 114 Å². The molecule has 1 aromatic carbocycles. The summed E-state index contributed by atoms with van der Waals surface area (Å²) in [6.45, 7) is 0.369. The average Bonchev–Trinajstić information content (AvgIpc) is 2.75. The number of carbonyl (C=O) groups excluding carboxylic acids is 1. The third-order valence-corrected chi connectivity index (χ3v) is 3.05. The number of aromatic carboxylic acids is 1. The van der Waals surface area contributed by atoms with Crippen molar-refractivity contribution in [3.8, 4) is 0 Å². The third-order valence-electron chi connectivity index (χ3n) is 2.84. The third kappa shape index (κ3) is 3.44. The lowest BCUT2D eigenvalue weighted by Crippen LogP contribution is -2.35. The number of carboxylic acid groups (broad SMARTS) is 1. The van der Waals surface area contributed by atoms with Gasteiger partial charge in [0.05, 0.1) is 17.7 Å². The maximum atomic E-state index is 11.9. The molecule has 2 rings (SSSR count). The van der Waals surface area contributed by atoms with E-state index in [-0.39, 0.29) is 16.5 Å². The first-order chi connectivity index (χ1) is 8.95. The van der Waals surface area contributed by atoms with Crippen molar-refractivity contribution in [1.29, 1.82) is 0 Å². The number of rotatable bonds is 3. The lowest BCUT2D eigenvalue weighted by molar-refractivity contribution is -0.117. The number of carboxylic acids is 1. The van der Waals surface area contributed by atoms with E-state index in [1.165, 1.54) is 18.2 Å². The molecule has 0 aromatic heterocycles. The molecule has 1 fully saturated rings. The maximum absolute atomic E-state index is 11.9. The van der Waals surface area contributed by atoms with E-state index in [9.17, 15) is 14.7 Å². The zero-order chi connectivity index (χ0) is 14.0. The van der Waals surface area contributed by atoms with E-state index >= 15 is 0 Å². The molecule has 2 atom stereocenters. The summed E-state index contributed by atoms with van der Waals surface area (Å²) >= 11 is 5.79. The Morgan fingerprint density at radius 3 is 2.68 bits per heavy atom. The smallest absolute Gasteiger partial charge is 0.335 e. The van der Waals surface area contributed by atoms with Crippen LogP contribution in [0.5, 0.6) is 0 Å². The highest BCUT2D eigenvalue weighted by Gasteiger charge is 2.28. The second kappa shape index (κ2) is 5.56. The summed E-state index contributed by atoms with van der Waals surface area (Å²) in [5.74, 6) is -1.44. The number of nitrogens with one attached hydrogen (secondary N) is 2. The first-order valence-electron chi connectivity index (χ1n) is 5.72. The van der Waals surface area contributed by atoms with Gasteiger partial charge in [0.2, 0.25) is 5.91 Å². The van der Waals surface area contributed by atoms with Crippen LogP contribution in [0.2, 0.25) is 5.02 Å². The molecule has 1 aliphatic rings. The molecular weight excluding hydrogens is 272 g/mol. The fourth-order valence-corrected chi connectivity index (χ4v) is 2.17. The first kappa shape index (κ1) is 13.8. The summed E-state index contributed by atoms with van der Waals surface area (Å²) in [6.07, 6.45) is -0.206. The number of aliphatic hydroxyl groups excluding tert-OH is 1. The number of hydrogen-bond acceptors (Lipinski definition) is 4. The molecule has 102 valence electrons. The van der Waals surface area contributed by atoms with Crippen molar-refractivity contribution in [1.82, 2.24) is 5.32 Å². The summed E-state index contributed by atoms with van der Waals surface area (Å²) in [6, 6.07) is 3.62. The Balaban J connectivity index is 2.10. The summed E-state index contributed by atoms with van der Waals surface area (Å²) in [5, 5.41) is 23.9. The molecule has 0 spiro atoms. The molecule has 0 saturated carbocycles. The van der Waals surface area contributed by atoms with Gasteiger partial charge in [-0.1, -0.05) is 11.6 Å². The fourth-order valence-electron chi connectivity index (χ4n) is 1.93. The van der Waals surface area contributed by atoms with Crippen molar-refractivity contribution < 1.29 is 19.8 Å². The zero-order valence-corrected chi connectivity index (χ0v) is 10.6. The van der Waals surface area contributed by atoms with E-state index in [1.54, 1.807) is 0 Å². The minimum atomic E-state index is -1.12. The number of halogens is 1. The molecule has 7 heteroatoms. The molecule has 0 bridgehead atoms. The molecule has 1 saturated heterocycles. The van der Waals surface area contributed by atoms with Gasteiger partial charge in [-0.15, -0.1) is 0 Å². The van der Waals surface area contributed by atoms with Crippen LogP contribution in [-0.2, 0) is 4.79 Å². The lowest BCUT2D eigenvalue weighted by atomic mass is 10.1. The molecule has 0 aliphatic carbocycles. The fraction of sp³-hybridized carbons (Fsp3) is 0.333. The number of carbonyl (C=O) groups is 2. The van der Waals surface area contributed by atoms with Gasteiger partial charge in [0, 0.05) is 17.3 Å². The first-order valence-corrected chi connectivity index (χ1v) is 6.09. The largest absolute Gasteiger partial charge is 0.478 e. The summed E-state index contributed by atoms with van der Waals surface area (Å²) in [7, 11) is 0. The zero-order valence-electron chi connectivity index (χ0n) is 9.89. The van der Waals surface area contributed by atoms with Gasteiger partial charge >= 0.3 is 5.97 Å². The van der Waals surface area contributed by atoms with E-state index in [2.05, 4.69) is 10.6 Å². The molecule has 1 aromatic rings. The van der Waals surface area contributed by atoms with Crippen LogP contribution in [0.15, 0.2) is 18.2 Å². The predicted molar refractivity (Wildman–Crippen MR) is 69.5 cm³/mol. The number of aliphatic hydroxyl groups is 1. The van der Waals surface area contributed by atoms with Crippen molar-refractivity contribution in [2.45, 2.75) is 18.6 Å². The average molecular weight is 285 g/mol. The van der Waals surface area contributed by atoms with Crippen LogP contribution < -0.4 is 10.6 Å². The Morgan fingerprint density at radius 2 is 2.11 bits per heavy atom. The van der Waals surface area contributed by atoms with E-state index < -0.39 is 18.1 Å². The lowest BCUT2D eigenvalue weighted by Gasteiger charge is -2.11. The number of amides is 1. The molecular formula is C12H13ClN2O4. The van der Waals surface area contributed by atoms with Gasteiger partial charge in [-0.2, -0.15) is 0 Å². The normalized spacial score (nSPS) is 22.2. The Kier molecular flexibility index (Phi) is 4.04. The molecule has 1 amide bonds. The van der Waals surface area contributed by atoms with Gasteiger partial charge in [0.1, 0.15) is 0 Å². The molecule has 0 radical (unpaired) electrons. The van der Waals surface area contributed by atoms with Crippen molar-refractivity contribution in [3.63, 3.8) is 0 Å². The number of β-amino-alcohol motifs (C(OH)–C–C–N with tert-alkyl or cyclic N) is 1. The standard InChI is InChI=1S/C12H13ClN2O4/c13-7-1-6(12(18)19)2-8(3-7)15-11(17)10-4-9(16)5-14-10/h1-3,9-10,14,16H,4-5H2,(H,15,17)(H,18,19). The van der Waals surface area contributed by atoms with Gasteiger partial charge in [-0.25, -0.2) is 4.79 Å². The van der Waals surface area contributed by atoms with Crippen molar-refractivity contribution in [3.05, 3.63) is 28.8 Å². The molecule has 6 nitrogen and oxygen atoms in total. The molecule has 4 N–H and O–H groups in total. The van der Waals surface area contributed by atoms with Gasteiger partial charge < -0.3 is 20.8 Å². The van der Waals surface area contributed by atoms with Crippen LogP contribution >= 0.6 is 11.6 Å². The number of benzene rings is 1. The van der Waals surface area contributed by atoms with E-state index in [4.69, 9.17) is 16.7 Å². The Morgan fingerprint density at radius 1 is 1.37 bits per heavy atom. The van der Waals surface area contributed by atoms with E-state index in [0.717, 1.165) is 0 Å². The predicted octanol–water partition coefficient (Wildman–Crippen LogP) is 0.699. The van der Waals surface area contributed by atoms with Crippen molar-refractivity contribution >= 4 is 29.2 Å². The van der Waals surface area contributed by atoms with Crippen LogP contribution in [-0.4, -0.2) is 40.8 Å². The Bertz CT molecular complexity index is 520. The monoisotopic (exact) mass is 284 g/mol. The van der Waals surface area contributed by atoms with E-state index in [1.807, 2.05) is 0 Å². The van der Waals surface area contributed by atoms with Crippen molar-refractivity contribution in [2.75, 3.05) is 11.9 Å². The highest BCUT2D eigenvalue weighted by molar-refractivity contribution is 6.31. The van der Waals surface area contributed by atoms with Gasteiger partial charge in [0.25, 0.3) is 0 Å². The minimum absolute atomic E-state index is 0.00205. The van der Waals surface area contributed by atoms with Crippen LogP contribution in [0.1, 0.15) is 16.8 Å². The quantitative estimate of drug-likeness (QED) is 0.655. The second-order valence-electron chi connectivity index (χ2n) is 4.37. The van der Waals surface area contributed by atoms with Gasteiger partial charge in [0.15, 0.2) is 0 Å². The maximum Gasteiger partial charge on any atom is 0.335 e. The second-order valence-corrected chi connectivity index (χ2v) is 4.81. The molecule has 19 heavy (non-hydrogen) atoms. The highest BCUT2D eigenvalue weighted by Crippen LogP contribution is 2.20. The van der Waals surface area contributed by atoms with Gasteiger partial charge in [-0.05, 0) is 24.6 Å². The van der Waals surface area contributed by atoms with Crippen molar-refractivity contribution in [2.24, 2.45) is 0 Å². The van der Waals surface area contributed by atoms with Crippen LogP contribution in [0.4, 0.5) is 5.69 Å². The number of hydrogen-bond donors (Lipinski definition) is 4. The van der Waals surface area contributed by atoms with Crippen LogP contribution in [0.3, 0.4) is 0 Å². The molecule has 2 unspecified atom stereocenters. The molecule has 1 heterocycles. The SMILES string of the molecule is O=C(O)c1cc(Cl)cc(NC(=O)C2CC(O)CN2)c1. The highest BCUT2D eigenvalue weighted by atomic mass is 35.5. The van der Waals surface area contributed by atoms with Crippen LogP contribution in [0, 0.1) is 0 Å². The number of anilines is 1. The molecule has 1 aliphatic heterocycles. The Hall–Kier alpha value is -1.63. The minimum Gasteiger partial charge on any atom is -0.478 e. The summed E-state index contributed by atoms with van der Waals surface area (Å²) < 4.78 is 0. The summed E-state index contributed by atoms with van der Waals surface area (Å²) in [4.78, 5) is 22.8. The summed E-state index contributed by atoms with van der Waals surface area (Å²) in [5.41, 5.74) is 0.320. The van der Waals surface area contributed by atoms with Crippen LogP contribution in [0.25, 0.3) is 0 Å². The topological polar surface area (TPSA) is 98.7 Å². The van der Waals surface area contributed by atoms with E-state index in [0.29, 0.717) is 18.7 Å². The van der Waals surface area contributed by atoms with Gasteiger partial charge in [-0.3, -0.25) is 4.79 Å².